The van der Waals surface area contributed by atoms with Gasteiger partial charge in [-0.05, 0) is 43.5 Å². The smallest absolute Gasteiger partial charge is 0.417 e. The number of halogens is 4. The molecule has 1 saturated heterocycles. The van der Waals surface area contributed by atoms with Gasteiger partial charge in [0.15, 0.2) is 0 Å². The molecule has 0 spiro atoms. The second-order valence-electron chi connectivity index (χ2n) is 6.84. The first kappa shape index (κ1) is 21.5. The molecule has 3 rings (SSSR count). The Labute approximate surface area is 171 Å². The Balaban J connectivity index is 2.18. The van der Waals surface area contributed by atoms with Gasteiger partial charge in [-0.1, -0.05) is 35.9 Å². The zero-order valence-electron chi connectivity index (χ0n) is 15.7. The molecular formula is C21H21ClF3NO3. The molecule has 0 saturated carbocycles. The van der Waals surface area contributed by atoms with Crippen molar-refractivity contribution in [3.8, 4) is 5.75 Å². The van der Waals surface area contributed by atoms with Gasteiger partial charge in [0.05, 0.1) is 23.2 Å². The highest BCUT2D eigenvalue weighted by Gasteiger charge is 2.39. The van der Waals surface area contributed by atoms with Crippen molar-refractivity contribution in [3.05, 3.63) is 64.2 Å². The largest absolute Gasteiger partial charge is 0.494 e. The van der Waals surface area contributed by atoms with E-state index in [-0.39, 0.29) is 0 Å². The minimum atomic E-state index is -4.62. The quantitative estimate of drug-likeness (QED) is 0.671. The second-order valence-corrected chi connectivity index (χ2v) is 7.25. The maximum atomic E-state index is 13.5. The summed E-state index contributed by atoms with van der Waals surface area (Å²) in [6, 6.07) is 9.26. The lowest BCUT2D eigenvalue weighted by molar-refractivity contribution is -0.143. The minimum Gasteiger partial charge on any atom is -0.494 e. The van der Waals surface area contributed by atoms with Gasteiger partial charge in [-0.25, -0.2) is 0 Å². The van der Waals surface area contributed by atoms with Crippen LogP contribution in [0.25, 0.3) is 0 Å². The first-order chi connectivity index (χ1) is 13.7. The Bertz CT molecular complexity index is 888. The number of alkyl halides is 3. The van der Waals surface area contributed by atoms with Crippen LogP contribution in [0.15, 0.2) is 42.5 Å². The minimum absolute atomic E-state index is 0.321. The van der Waals surface area contributed by atoms with Crippen LogP contribution in [0.4, 0.5) is 13.2 Å². The van der Waals surface area contributed by atoms with Gasteiger partial charge in [0.25, 0.3) is 0 Å². The van der Waals surface area contributed by atoms with Crippen LogP contribution in [0.3, 0.4) is 0 Å². The lowest BCUT2D eigenvalue weighted by atomic mass is 9.94. The zero-order chi connectivity index (χ0) is 21.2. The van der Waals surface area contributed by atoms with Gasteiger partial charge in [-0.3, -0.25) is 9.69 Å². The molecule has 1 fully saturated rings. The van der Waals surface area contributed by atoms with Gasteiger partial charge in [-0.2, -0.15) is 13.2 Å². The number of para-hydroxylation sites is 1. The number of hydrogen-bond donors (Lipinski definition) is 1. The molecule has 1 aliphatic heterocycles. The van der Waals surface area contributed by atoms with Crippen LogP contribution >= 0.6 is 11.6 Å². The molecule has 0 aliphatic carbocycles. The van der Waals surface area contributed by atoms with Crippen LogP contribution in [0.1, 0.15) is 42.5 Å². The third-order valence-electron chi connectivity index (χ3n) is 5.04. The van der Waals surface area contributed by atoms with Crippen LogP contribution in [-0.4, -0.2) is 35.2 Å². The molecule has 8 heteroatoms. The summed E-state index contributed by atoms with van der Waals surface area (Å²) in [5.74, 6) is -0.481. The van der Waals surface area contributed by atoms with E-state index in [1.807, 2.05) is 6.92 Å². The Morgan fingerprint density at radius 3 is 2.69 bits per heavy atom. The maximum Gasteiger partial charge on any atom is 0.417 e. The van der Waals surface area contributed by atoms with E-state index in [1.165, 1.54) is 12.1 Å². The molecule has 2 aromatic rings. The third kappa shape index (κ3) is 4.51. The monoisotopic (exact) mass is 427 g/mol. The first-order valence-corrected chi connectivity index (χ1v) is 9.68. The van der Waals surface area contributed by atoms with Gasteiger partial charge in [0, 0.05) is 12.1 Å². The summed E-state index contributed by atoms with van der Waals surface area (Å²) in [6.45, 7) is 2.64. The molecule has 0 bridgehead atoms. The number of carboxylic acids is 1. The van der Waals surface area contributed by atoms with Gasteiger partial charge >= 0.3 is 12.1 Å². The maximum absolute atomic E-state index is 13.5. The van der Waals surface area contributed by atoms with E-state index in [2.05, 4.69) is 0 Å². The molecule has 1 heterocycles. The average Bonchev–Trinajstić information content (AvgIpc) is 3.13. The second kappa shape index (κ2) is 8.63. The predicted molar refractivity (Wildman–Crippen MR) is 103 cm³/mol. The van der Waals surface area contributed by atoms with Gasteiger partial charge in [0.2, 0.25) is 0 Å². The fraction of sp³-hybridized carbons (Fsp3) is 0.381. The van der Waals surface area contributed by atoms with Crippen LogP contribution in [0.2, 0.25) is 5.02 Å². The summed E-state index contributed by atoms with van der Waals surface area (Å²) in [5.41, 5.74) is 0.00149. The van der Waals surface area contributed by atoms with E-state index in [1.54, 1.807) is 29.2 Å². The van der Waals surface area contributed by atoms with E-state index < -0.39 is 34.8 Å². The summed E-state index contributed by atoms with van der Waals surface area (Å²) in [7, 11) is 0. The van der Waals surface area contributed by atoms with E-state index in [9.17, 15) is 23.1 Å². The molecule has 0 aromatic heterocycles. The van der Waals surface area contributed by atoms with Crippen molar-refractivity contribution in [3.63, 3.8) is 0 Å². The van der Waals surface area contributed by atoms with Crippen molar-refractivity contribution in [1.29, 1.82) is 0 Å². The summed E-state index contributed by atoms with van der Waals surface area (Å²) in [6.07, 6.45) is -3.54. The number of ether oxygens (including phenoxy) is 1. The topological polar surface area (TPSA) is 49.8 Å². The van der Waals surface area contributed by atoms with Crippen LogP contribution in [0, 0.1) is 0 Å². The Morgan fingerprint density at radius 1 is 1.31 bits per heavy atom. The van der Waals surface area contributed by atoms with E-state index >= 15 is 0 Å². The van der Waals surface area contributed by atoms with Crippen molar-refractivity contribution in [2.24, 2.45) is 0 Å². The summed E-state index contributed by atoms with van der Waals surface area (Å²) in [4.78, 5) is 13.5. The molecule has 0 radical (unpaired) electrons. The van der Waals surface area contributed by atoms with Crippen LogP contribution in [-0.2, 0) is 11.0 Å². The number of nitrogens with zero attached hydrogens (tertiary/aromatic N) is 1. The zero-order valence-corrected chi connectivity index (χ0v) is 16.5. The first-order valence-electron chi connectivity index (χ1n) is 9.31. The van der Waals surface area contributed by atoms with Crippen molar-refractivity contribution >= 4 is 17.6 Å². The fourth-order valence-corrected chi connectivity index (χ4v) is 4.06. The number of hydrogen-bond acceptors (Lipinski definition) is 3. The highest BCUT2D eigenvalue weighted by molar-refractivity contribution is 6.31. The van der Waals surface area contributed by atoms with Crippen molar-refractivity contribution < 1.29 is 27.8 Å². The summed E-state index contributed by atoms with van der Waals surface area (Å²) < 4.78 is 46.1. The number of likely N-dealkylation sites (tertiary alicyclic amines) is 1. The Kier molecular flexibility index (Phi) is 6.39. The van der Waals surface area contributed by atoms with E-state index in [4.69, 9.17) is 16.3 Å². The average molecular weight is 428 g/mol. The van der Waals surface area contributed by atoms with Crippen LogP contribution < -0.4 is 4.74 Å². The highest BCUT2D eigenvalue weighted by Crippen LogP contribution is 2.42. The molecule has 1 N–H and O–H groups in total. The Morgan fingerprint density at radius 2 is 2.03 bits per heavy atom. The molecule has 0 amide bonds. The highest BCUT2D eigenvalue weighted by atomic mass is 35.5. The number of rotatable bonds is 6. The summed E-state index contributed by atoms with van der Waals surface area (Å²) >= 11 is 5.80. The lowest BCUT2D eigenvalue weighted by Gasteiger charge is -2.33. The van der Waals surface area contributed by atoms with Crippen molar-refractivity contribution in [1.82, 2.24) is 4.90 Å². The number of benzene rings is 2. The Hall–Kier alpha value is -2.25. The molecule has 156 valence electrons. The number of carbonyl (C=O) groups is 1. The third-order valence-corrected chi connectivity index (χ3v) is 5.37. The van der Waals surface area contributed by atoms with Crippen molar-refractivity contribution in [2.45, 2.75) is 38.0 Å². The molecule has 2 aromatic carbocycles. The van der Waals surface area contributed by atoms with Gasteiger partial charge < -0.3 is 9.84 Å². The molecule has 1 aliphatic rings. The molecule has 4 nitrogen and oxygen atoms in total. The van der Waals surface area contributed by atoms with E-state index in [0.717, 1.165) is 6.07 Å². The number of aliphatic carboxylic acids is 1. The normalized spacial score (nSPS) is 18.6. The van der Waals surface area contributed by atoms with Crippen molar-refractivity contribution in [2.75, 3.05) is 13.2 Å². The predicted octanol–water partition coefficient (Wildman–Crippen LogP) is 5.40. The molecule has 2 atom stereocenters. The SMILES string of the molecule is CCOc1ccccc1C(c1ccc(Cl)c(C(F)(F)F)c1)N1CCCC1C(=O)O. The number of carboxylic acid groups (broad SMARTS) is 1. The lowest BCUT2D eigenvalue weighted by Crippen LogP contribution is -2.39. The summed E-state index contributed by atoms with van der Waals surface area (Å²) in [5, 5.41) is 9.26. The standard InChI is InChI=1S/C21H21ClF3NO3/c1-2-29-18-8-4-3-6-14(18)19(26-11-5-7-17(26)20(27)28)13-9-10-16(22)15(12-13)21(23,24)25/h3-4,6,8-10,12,17,19H,2,5,7,11H2,1H3,(H,27,28). The van der Waals surface area contributed by atoms with Gasteiger partial charge in [-0.15, -0.1) is 0 Å². The fourth-order valence-electron chi connectivity index (χ4n) is 3.84. The van der Waals surface area contributed by atoms with E-state index in [0.29, 0.717) is 42.9 Å². The van der Waals surface area contributed by atoms with Gasteiger partial charge in [0.1, 0.15) is 11.8 Å². The molecule has 2 unspecified atom stereocenters. The van der Waals surface area contributed by atoms with Crippen LogP contribution in [0.5, 0.6) is 5.75 Å². The molecule has 29 heavy (non-hydrogen) atoms. The molecular weight excluding hydrogens is 407 g/mol.